The maximum atomic E-state index is 3.23. The van der Waals surface area contributed by atoms with Crippen molar-refractivity contribution >= 4 is 0 Å². The predicted molar refractivity (Wildman–Crippen MR) is 88.1 cm³/mol. The van der Waals surface area contributed by atoms with Gasteiger partial charge in [-0.1, -0.05) is 0 Å². The van der Waals surface area contributed by atoms with Gasteiger partial charge in [-0.25, -0.2) is 0 Å². The molecular weight excluding hydrogens is 296 g/mol. The summed E-state index contributed by atoms with van der Waals surface area (Å²) in [6.45, 7) is 0. The number of aromatic nitrogens is 4. The molecule has 4 heterocycles. The van der Waals surface area contributed by atoms with Gasteiger partial charge in [0.05, 0.1) is 12.1 Å². The fraction of sp³-hybridized carbons (Fsp3) is 0. The van der Waals surface area contributed by atoms with Gasteiger partial charge in [-0.2, -0.15) is 9.97 Å². The van der Waals surface area contributed by atoms with Gasteiger partial charge in [-0.05, 0) is 23.3 Å². The van der Waals surface area contributed by atoms with Crippen LogP contribution in [-0.4, -0.2) is 0 Å². The number of nitrogens with one attached hydrogen (secondary N) is 2. The molecule has 0 unspecified atom stereocenters. The molecule has 4 aromatic heterocycles. The van der Waals surface area contributed by atoms with Gasteiger partial charge in [-0.3, -0.25) is 0 Å². The molecule has 0 aliphatic rings. The van der Waals surface area contributed by atoms with Crippen LogP contribution in [0.4, 0.5) is 0 Å². The Bertz CT molecular complexity index is 838. The summed E-state index contributed by atoms with van der Waals surface area (Å²) in [5, 5.41) is 0. The van der Waals surface area contributed by atoms with E-state index >= 15 is 0 Å². The summed E-state index contributed by atoms with van der Waals surface area (Å²) in [5.41, 5.74) is 2.37. The number of H-pyrrole nitrogens is 2. The molecule has 4 aromatic rings. The van der Waals surface area contributed by atoms with E-state index in [1.165, 1.54) is 11.1 Å². The highest BCUT2D eigenvalue weighted by Crippen LogP contribution is 2.16. The highest BCUT2D eigenvalue weighted by molar-refractivity contribution is 5.61. The summed E-state index contributed by atoms with van der Waals surface area (Å²) in [7, 11) is 0. The number of rotatable bonds is 3. The van der Waals surface area contributed by atoms with Crippen LogP contribution in [0.1, 0.15) is 0 Å². The third-order valence-corrected chi connectivity index (χ3v) is 3.93. The number of hydrogen-bond acceptors (Lipinski definition) is 0. The summed E-state index contributed by atoms with van der Waals surface area (Å²) < 4.78 is 4.12. The minimum atomic E-state index is 1.04. The Morgan fingerprint density at radius 1 is 0.500 bits per heavy atom. The lowest BCUT2D eigenvalue weighted by atomic mass is 10.1. The van der Waals surface area contributed by atoms with Gasteiger partial charge in [0.2, 0.25) is 0 Å². The predicted octanol–water partition coefficient (Wildman–Crippen LogP) is 1.54. The Balaban J connectivity index is 1.60. The number of aromatic amines is 2. The summed E-state index contributed by atoms with van der Waals surface area (Å²) in [5.74, 6) is 2.07. The van der Waals surface area contributed by atoms with Crippen molar-refractivity contribution in [2.75, 3.05) is 0 Å². The van der Waals surface area contributed by atoms with Gasteiger partial charge >= 0.3 is 11.6 Å². The average Bonchev–Trinajstić information content (AvgIpc) is 2.70. The van der Waals surface area contributed by atoms with Crippen LogP contribution in [0.15, 0.2) is 97.8 Å². The molecule has 4 rings (SSSR count). The van der Waals surface area contributed by atoms with E-state index in [1.54, 1.807) is 0 Å². The maximum absolute atomic E-state index is 3.23. The molecule has 0 aliphatic carbocycles. The van der Waals surface area contributed by atoms with Crippen LogP contribution in [0.25, 0.3) is 22.8 Å². The number of hydrogen-bond donors (Lipinski definition) is 0. The van der Waals surface area contributed by atoms with Crippen LogP contribution in [0.5, 0.6) is 0 Å². The van der Waals surface area contributed by atoms with Gasteiger partial charge in [0.25, 0.3) is 0 Å². The summed E-state index contributed by atoms with van der Waals surface area (Å²) in [4.78, 5) is 6.45. The monoisotopic (exact) mass is 314 g/mol. The molecule has 0 aliphatic heterocycles. The average molecular weight is 314 g/mol. The second-order valence-corrected chi connectivity index (χ2v) is 5.48. The first-order valence-corrected chi connectivity index (χ1v) is 7.87. The van der Waals surface area contributed by atoms with Crippen molar-refractivity contribution in [1.82, 2.24) is 0 Å². The molecule has 114 valence electrons. The zero-order valence-corrected chi connectivity index (χ0v) is 13.1. The molecule has 2 N–H and O–H groups in total. The second-order valence-electron chi connectivity index (χ2n) is 5.48. The van der Waals surface area contributed by atoms with E-state index in [-0.39, 0.29) is 0 Å². The molecule has 0 amide bonds. The summed E-state index contributed by atoms with van der Waals surface area (Å²) in [6.07, 6.45) is 12.1. The molecule has 0 saturated heterocycles. The highest BCUT2D eigenvalue weighted by atomic mass is 15.0. The number of nitrogens with zero attached hydrogens (tertiary/aromatic N) is 2. The van der Waals surface area contributed by atoms with E-state index in [1.807, 2.05) is 48.8 Å². The topological polar surface area (TPSA) is 36.0 Å². The molecule has 24 heavy (non-hydrogen) atoms. The molecule has 0 atom stereocenters. The van der Waals surface area contributed by atoms with Crippen LogP contribution in [0.3, 0.4) is 0 Å². The van der Waals surface area contributed by atoms with Crippen LogP contribution < -0.4 is 19.1 Å². The van der Waals surface area contributed by atoms with Crippen LogP contribution in [0.2, 0.25) is 0 Å². The second kappa shape index (κ2) is 6.38. The Labute approximate surface area is 140 Å². The van der Waals surface area contributed by atoms with Crippen molar-refractivity contribution < 1.29 is 19.1 Å². The molecule has 0 spiro atoms. The van der Waals surface area contributed by atoms with Crippen molar-refractivity contribution in [3.63, 3.8) is 0 Å². The summed E-state index contributed by atoms with van der Waals surface area (Å²) >= 11 is 0. The normalized spacial score (nSPS) is 10.5. The van der Waals surface area contributed by atoms with Crippen molar-refractivity contribution in [2.45, 2.75) is 0 Å². The molecule has 4 heteroatoms. The first kappa shape index (κ1) is 14.2. The third-order valence-electron chi connectivity index (χ3n) is 3.93. The van der Waals surface area contributed by atoms with Gasteiger partial charge in [-0.15, -0.1) is 9.13 Å². The lowest BCUT2D eigenvalue weighted by Crippen LogP contribution is -2.36. The van der Waals surface area contributed by atoms with Crippen molar-refractivity contribution in [3.05, 3.63) is 97.8 Å². The van der Waals surface area contributed by atoms with Gasteiger partial charge < -0.3 is 0 Å². The lowest BCUT2D eigenvalue weighted by Gasteiger charge is -1.98. The quantitative estimate of drug-likeness (QED) is 0.514. The summed E-state index contributed by atoms with van der Waals surface area (Å²) in [6, 6.07) is 20.5. The molecule has 0 aromatic carbocycles. The zero-order chi connectivity index (χ0) is 16.2. The fourth-order valence-corrected chi connectivity index (χ4v) is 2.65. The Hall–Kier alpha value is -3.40. The minimum absolute atomic E-state index is 1.04. The standard InChI is InChI=1S/C20H16N4/c1-3-11-21-19(5-1)23-13-7-17(8-14-23)18-9-15-24(16-10-18)20-6-2-4-12-22-20/h1-16H/q+2/p+2. The Kier molecular flexibility index (Phi) is 3.78. The van der Waals surface area contributed by atoms with Crippen LogP contribution in [0, 0.1) is 0 Å². The van der Waals surface area contributed by atoms with Crippen molar-refractivity contribution in [2.24, 2.45) is 0 Å². The van der Waals surface area contributed by atoms with Gasteiger partial charge in [0.15, 0.2) is 37.2 Å². The van der Waals surface area contributed by atoms with Gasteiger partial charge in [0, 0.05) is 36.4 Å². The first-order valence-electron chi connectivity index (χ1n) is 7.87. The molecule has 0 bridgehead atoms. The third kappa shape index (κ3) is 2.90. The van der Waals surface area contributed by atoms with E-state index in [2.05, 4.69) is 68.2 Å². The van der Waals surface area contributed by atoms with Crippen molar-refractivity contribution in [3.8, 4) is 22.8 Å². The lowest BCUT2D eigenvalue weighted by molar-refractivity contribution is -0.673. The van der Waals surface area contributed by atoms with E-state index in [9.17, 15) is 0 Å². The number of pyridine rings is 4. The van der Waals surface area contributed by atoms with Crippen LogP contribution >= 0.6 is 0 Å². The zero-order valence-electron chi connectivity index (χ0n) is 13.1. The molecule has 0 fully saturated rings. The van der Waals surface area contributed by atoms with Crippen LogP contribution in [-0.2, 0) is 0 Å². The fourth-order valence-electron chi connectivity index (χ4n) is 2.65. The largest absolute Gasteiger partial charge is 0.447 e. The maximum Gasteiger partial charge on any atom is 0.447 e. The van der Waals surface area contributed by atoms with E-state index in [0.29, 0.717) is 0 Å². The minimum Gasteiger partial charge on any atom is -0.155 e. The first-order chi connectivity index (χ1) is 11.9. The molecule has 0 radical (unpaired) electrons. The Morgan fingerprint density at radius 3 is 1.25 bits per heavy atom. The highest BCUT2D eigenvalue weighted by Gasteiger charge is 2.14. The van der Waals surface area contributed by atoms with E-state index in [0.717, 1.165) is 11.6 Å². The van der Waals surface area contributed by atoms with Crippen molar-refractivity contribution in [1.29, 1.82) is 0 Å². The SMILES string of the molecule is c1ccc(-[n+]2ccc(-c3cc[n+](-c4cccc[nH+]4)cc3)cc2)[nH+]c1. The van der Waals surface area contributed by atoms with Gasteiger partial charge in [0.1, 0.15) is 0 Å². The van der Waals surface area contributed by atoms with E-state index < -0.39 is 0 Å². The molecular formula is C20H18N4+4. The molecule has 0 saturated carbocycles. The smallest absolute Gasteiger partial charge is 0.155 e. The van der Waals surface area contributed by atoms with E-state index in [4.69, 9.17) is 0 Å². The molecule has 4 nitrogen and oxygen atoms in total. The Morgan fingerprint density at radius 2 is 0.917 bits per heavy atom.